The molecule has 5 rings (SSSR count). The number of hydrogen-bond acceptors (Lipinski definition) is 2. The molecule has 2 saturated carbocycles. The maximum absolute atomic E-state index is 13.0. The SMILES string of the molecule is Cc1ccc(N2C(=O)C3C(C2=O)C2C=CC3C23CC3)cc1Br. The van der Waals surface area contributed by atoms with E-state index in [2.05, 4.69) is 28.1 Å². The largest absolute Gasteiger partial charge is 0.274 e. The van der Waals surface area contributed by atoms with E-state index in [0.717, 1.165) is 10.0 Å². The fourth-order valence-corrected chi connectivity index (χ4v) is 5.42. The van der Waals surface area contributed by atoms with Gasteiger partial charge in [0.15, 0.2) is 0 Å². The molecule has 1 heterocycles. The number of anilines is 1. The van der Waals surface area contributed by atoms with Crippen LogP contribution in [0.2, 0.25) is 0 Å². The minimum Gasteiger partial charge on any atom is -0.274 e. The van der Waals surface area contributed by atoms with Crippen LogP contribution in [0.15, 0.2) is 34.8 Å². The van der Waals surface area contributed by atoms with Crippen molar-refractivity contribution < 1.29 is 9.59 Å². The van der Waals surface area contributed by atoms with Crippen LogP contribution in [0.1, 0.15) is 18.4 Å². The zero-order valence-corrected chi connectivity index (χ0v) is 13.8. The van der Waals surface area contributed by atoms with Crippen molar-refractivity contribution in [2.45, 2.75) is 19.8 Å². The highest BCUT2D eigenvalue weighted by Gasteiger charge is 2.73. The van der Waals surface area contributed by atoms with Gasteiger partial charge in [-0.2, -0.15) is 0 Å². The summed E-state index contributed by atoms with van der Waals surface area (Å²) in [6, 6.07) is 5.71. The highest BCUT2D eigenvalue weighted by Crippen LogP contribution is 2.73. The van der Waals surface area contributed by atoms with Crippen molar-refractivity contribution in [3.8, 4) is 0 Å². The molecule has 2 bridgehead atoms. The van der Waals surface area contributed by atoms with E-state index in [0.29, 0.717) is 5.69 Å². The van der Waals surface area contributed by atoms with Gasteiger partial charge < -0.3 is 0 Å². The van der Waals surface area contributed by atoms with Crippen molar-refractivity contribution in [2.24, 2.45) is 29.1 Å². The molecule has 1 saturated heterocycles. The van der Waals surface area contributed by atoms with Crippen LogP contribution < -0.4 is 4.90 Å². The van der Waals surface area contributed by atoms with E-state index in [1.54, 1.807) is 0 Å². The first kappa shape index (κ1) is 13.1. The van der Waals surface area contributed by atoms with Crippen LogP contribution in [0.25, 0.3) is 0 Å². The van der Waals surface area contributed by atoms with Crippen molar-refractivity contribution in [1.29, 1.82) is 0 Å². The Labute approximate surface area is 137 Å². The molecule has 4 unspecified atom stereocenters. The highest BCUT2D eigenvalue weighted by molar-refractivity contribution is 9.10. The summed E-state index contributed by atoms with van der Waals surface area (Å²) in [5.74, 6) is 0.355. The van der Waals surface area contributed by atoms with Gasteiger partial charge in [0.05, 0.1) is 17.5 Å². The molecule has 112 valence electrons. The summed E-state index contributed by atoms with van der Waals surface area (Å²) in [5.41, 5.74) is 2.06. The number of benzene rings is 1. The maximum Gasteiger partial charge on any atom is 0.238 e. The summed E-state index contributed by atoms with van der Waals surface area (Å²) in [4.78, 5) is 27.3. The molecular weight excluding hydrogens is 342 g/mol. The second-order valence-corrected chi connectivity index (χ2v) is 8.02. The monoisotopic (exact) mass is 357 g/mol. The number of amides is 2. The molecule has 0 aromatic heterocycles. The maximum atomic E-state index is 13.0. The van der Waals surface area contributed by atoms with Gasteiger partial charge in [0, 0.05) is 4.47 Å². The van der Waals surface area contributed by atoms with E-state index >= 15 is 0 Å². The van der Waals surface area contributed by atoms with Gasteiger partial charge in [-0.25, -0.2) is 4.90 Å². The topological polar surface area (TPSA) is 37.4 Å². The molecule has 3 nitrogen and oxygen atoms in total. The summed E-state index contributed by atoms with van der Waals surface area (Å²) in [6.07, 6.45) is 6.77. The number of fused-ring (bicyclic) bond motifs is 3. The first-order valence-corrected chi connectivity index (χ1v) is 8.66. The highest BCUT2D eigenvalue weighted by atomic mass is 79.9. The lowest BCUT2D eigenvalue weighted by Gasteiger charge is -2.22. The van der Waals surface area contributed by atoms with Crippen LogP contribution in [0, 0.1) is 36.0 Å². The van der Waals surface area contributed by atoms with Gasteiger partial charge in [0.1, 0.15) is 0 Å². The van der Waals surface area contributed by atoms with Crippen LogP contribution in [0.5, 0.6) is 0 Å². The van der Waals surface area contributed by atoms with Crippen molar-refractivity contribution in [2.75, 3.05) is 4.90 Å². The number of carbonyl (C=O) groups excluding carboxylic acids is 2. The van der Waals surface area contributed by atoms with Gasteiger partial charge in [-0.15, -0.1) is 0 Å². The Morgan fingerprint density at radius 2 is 1.68 bits per heavy atom. The van der Waals surface area contributed by atoms with Crippen LogP contribution >= 0.6 is 15.9 Å². The fraction of sp³-hybridized carbons (Fsp3) is 0.444. The minimum atomic E-state index is -0.120. The number of allylic oxidation sites excluding steroid dienone is 2. The van der Waals surface area contributed by atoms with Gasteiger partial charge in [-0.1, -0.05) is 34.1 Å². The second-order valence-electron chi connectivity index (χ2n) is 7.17. The van der Waals surface area contributed by atoms with E-state index in [-0.39, 0.29) is 40.9 Å². The van der Waals surface area contributed by atoms with Crippen molar-refractivity contribution >= 4 is 33.4 Å². The zero-order valence-electron chi connectivity index (χ0n) is 12.3. The van der Waals surface area contributed by atoms with Gasteiger partial charge in [0.2, 0.25) is 11.8 Å². The van der Waals surface area contributed by atoms with E-state index in [9.17, 15) is 9.59 Å². The summed E-state index contributed by atoms with van der Waals surface area (Å²) < 4.78 is 0.933. The molecule has 3 fully saturated rings. The summed E-state index contributed by atoms with van der Waals surface area (Å²) in [5, 5.41) is 0. The number of rotatable bonds is 1. The Kier molecular flexibility index (Phi) is 2.32. The van der Waals surface area contributed by atoms with Crippen LogP contribution in [0.4, 0.5) is 5.69 Å². The van der Waals surface area contributed by atoms with Gasteiger partial charge in [0.25, 0.3) is 0 Å². The van der Waals surface area contributed by atoms with Crippen LogP contribution in [-0.4, -0.2) is 11.8 Å². The second kappa shape index (κ2) is 3.91. The van der Waals surface area contributed by atoms with Crippen molar-refractivity contribution in [3.63, 3.8) is 0 Å². The normalized spacial score (nSPS) is 36.5. The molecule has 4 aliphatic rings. The first-order valence-electron chi connectivity index (χ1n) is 7.87. The third kappa shape index (κ3) is 1.34. The molecule has 0 N–H and O–H groups in total. The van der Waals surface area contributed by atoms with Crippen LogP contribution in [0.3, 0.4) is 0 Å². The molecule has 4 heteroatoms. The lowest BCUT2D eigenvalue weighted by Crippen LogP contribution is -2.34. The van der Waals surface area contributed by atoms with E-state index < -0.39 is 0 Å². The smallest absolute Gasteiger partial charge is 0.238 e. The summed E-state index contributed by atoms with van der Waals surface area (Å²) in [6.45, 7) is 2.00. The number of halogens is 1. The molecule has 22 heavy (non-hydrogen) atoms. The molecule has 0 radical (unpaired) electrons. The third-order valence-electron chi connectivity index (χ3n) is 6.27. The van der Waals surface area contributed by atoms with Gasteiger partial charge in [-0.3, -0.25) is 9.59 Å². The number of imide groups is 1. The quantitative estimate of drug-likeness (QED) is 0.570. The predicted octanol–water partition coefficient (Wildman–Crippen LogP) is 3.46. The molecule has 2 amide bonds. The van der Waals surface area contributed by atoms with E-state index in [1.807, 2.05) is 25.1 Å². The van der Waals surface area contributed by atoms with E-state index in [1.165, 1.54) is 17.7 Å². The Hall–Kier alpha value is -1.42. The van der Waals surface area contributed by atoms with Gasteiger partial charge in [-0.05, 0) is 54.7 Å². The Bertz CT molecular complexity index is 730. The summed E-state index contributed by atoms with van der Waals surface area (Å²) in [7, 11) is 0. The lowest BCUT2D eigenvalue weighted by molar-refractivity contribution is -0.123. The Morgan fingerprint density at radius 1 is 1.09 bits per heavy atom. The molecule has 1 aliphatic heterocycles. The number of aryl methyl sites for hydroxylation is 1. The van der Waals surface area contributed by atoms with Crippen molar-refractivity contribution in [1.82, 2.24) is 0 Å². The standard InChI is InChI=1S/C18H16BrNO2/c1-9-2-3-10(8-13(9)19)20-16(21)14-11-4-5-12(15(14)17(20)22)18(11)6-7-18/h2-5,8,11-12,14-15H,6-7H2,1H3. The van der Waals surface area contributed by atoms with Crippen molar-refractivity contribution in [3.05, 3.63) is 40.4 Å². The third-order valence-corrected chi connectivity index (χ3v) is 7.12. The molecule has 1 aromatic rings. The predicted molar refractivity (Wildman–Crippen MR) is 86.1 cm³/mol. The first-order chi connectivity index (χ1) is 10.5. The molecule has 3 aliphatic carbocycles. The zero-order chi connectivity index (χ0) is 15.2. The van der Waals surface area contributed by atoms with Gasteiger partial charge >= 0.3 is 0 Å². The Balaban J connectivity index is 1.57. The number of hydrogen-bond donors (Lipinski definition) is 0. The molecule has 1 spiro atoms. The number of nitrogens with zero attached hydrogens (tertiary/aromatic N) is 1. The van der Waals surface area contributed by atoms with E-state index in [4.69, 9.17) is 0 Å². The average Bonchev–Trinajstić information content (AvgIpc) is 3.08. The Morgan fingerprint density at radius 3 is 2.18 bits per heavy atom. The minimum absolute atomic E-state index is 0.00822. The molecule has 4 atom stereocenters. The number of carbonyl (C=O) groups is 2. The fourth-order valence-electron chi connectivity index (χ4n) is 5.05. The lowest BCUT2D eigenvalue weighted by atomic mass is 9.85. The molecular formula is C18H16BrNO2. The summed E-state index contributed by atoms with van der Waals surface area (Å²) >= 11 is 3.50. The average molecular weight is 358 g/mol. The molecule has 1 aromatic carbocycles. The van der Waals surface area contributed by atoms with Crippen LogP contribution in [-0.2, 0) is 9.59 Å².